The van der Waals surface area contributed by atoms with Crippen LogP contribution >= 0.6 is 0 Å². The highest BCUT2D eigenvalue weighted by molar-refractivity contribution is 6.07. The number of aromatic nitrogens is 2. The molecule has 0 aliphatic carbocycles. The van der Waals surface area contributed by atoms with Crippen LogP contribution in [-0.2, 0) is 11.8 Å². The van der Waals surface area contributed by atoms with Gasteiger partial charge in [-0.25, -0.2) is 0 Å². The van der Waals surface area contributed by atoms with Crippen molar-refractivity contribution in [3.63, 3.8) is 0 Å². The predicted octanol–water partition coefficient (Wildman–Crippen LogP) is 6.61. The average Bonchev–Trinajstić information content (AvgIpc) is 3.46. The molecule has 4 rings (SSSR count). The topological polar surface area (TPSA) is 48.6 Å². The van der Waals surface area contributed by atoms with Crippen molar-refractivity contribution in [2.45, 2.75) is 45.4 Å². The van der Waals surface area contributed by atoms with Crippen LogP contribution in [-0.4, -0.2) is 15.8 Å². The maximum Gasteiger partial charge on any atom is 0.209 e. The Labute approximate surface area is 184 Å². The molecule has 1 unspecified atom stereocenters. The first-order valence-electron chi connectivity index (χ1n) is 10.9. The fraction of sp³-hybridized carbons (Fsp3) is 0.250. The SMILES string of the molecule is CCc1ccc(C(=O)c2ccc(C(c3ccc(C(C)(C)C)cc3)c3ccc[nH]3)[nH]2)cc1. The third-order valence-corrected chi connectivity index (χ3v) is 5.93. The molecule has 0 fully saturated rings. The number of rotatable bonds is 6. The number of carbonyl (C=O) groups is 1. The van der Waals surface area contributed by atoms with Gasteiger partial charge in [0.1, 0.15) is 0 Å². The van der Waals surface area contributed by atoms with Crippen molar-refractivity contribution >= 4 is 5.78 Å². The van der Waals surface area contributed by atoms with E-state index in [4.69, 9.17) is 0 Å². The first kappa shape index (κ1) is 20.9. The number of carbonyl (C=O) groups excluding carboxylic acids is 1. The summed E-state index contributed by atoms with van der Waals surface area (Å²) in [4.78, 5) is 19.8. The lowest BCUT2D eigenvalue weighted by Crippen LogP contribution is -2.12. The van der Waals surface area contributed by atoms with E-state index >= 15 is 0 Å². The standard InChI is InChI=1S/C28H30N2O/c1-5-19-8-10-21(11-9-19)27(31)25-17-16-24(30-25)26(23-7-6-18-29-23)20-12-14-22(15-13-20)28(2,3)4/h6-18,26,29-30H,5H2,1-4H3. The maximum atomic E-state index is 13.0. The van der Waals surface area contributed by atoms with E-state index in [1.165, 1.54) is 16.7 Å². The minimum atomic E-state index is 0.00744. The molecule has 3 heteroatoms. The van der Waals surface area contributed by atoms with Crippen molar-refractivity contribution in [2.75, 3.05) is 0 Å². The Morgan fingerprint density at radius 1 is 0.871 bits per heavy atom. The summed E-state index contributed by atoms with van der Waals surface area (Å²) in [5.74, 6) is 0.0234. The molecule has 0 aliphatic heterocycles. The first-order valence-corrected chi connectivity index (χ1v) is 10.9. The zero-order valence-electron chi connectivity index (χ0n) is 18.7. The normalized spacial score (nSPS) is 12.6. The van der Waals surface area contributed by atoms with E-state index in [2.05, 4.69) is 68.0 Å². The second kappa shape index (κ2) is 8.43. The second-order valence-electron chi connectivity index (χ2n) is 9.14. The van der Waals surface area contributed by atoms with Crippen molar-refractivity contribution in [1.29, 1.82) is 0 Å². The lowest BCUT2D eigenvalue weighted by molar-refractivity contribution is 0.103. The van der Waals surface area contributed by atoms with Gasteiger partial charge in [0.2, 0.25) is 5.78 Å². The minimum absolute atomic E-state index is 0.00744. The van der Waals surface area contributed by atoms with Crippen LogP contribution in [0.25, 0.3) is 0 Å². The van der Waals surface area contributed by atoms with Gasteiger partial charge in [0, 0.05) is 23.1 Å². The molecule has 2 N–H and O–H groups in total. The van der Waals surface area contributed by atoms with E-state index in [1.807, 2.05) is 48.7 Å². The molecule has 31 heavy (non-hydrogen) atoms. The number of benzene rings is 2. The molecule has 0 bridgehead atoms. The molecule has 0 saturated heterocycles. The molecule has 4 aromatic rings. The molecule has 2 aromatic heterocycles. The Bertz CT molecular complexity index is 1140. The van der Waals surface area contributed by atoms with Crippen molar-refractivity contribution in [1.82, 2.24) is 9.97 Å². The van der Waals surface area contributed by atoms with Crippen molar-refractivity contribution in [3.8, 4) is 0 Å². The number of nitrogens with one attached hydrogen (secondary N) is 2. The summed E-state index contributed by atoms with van der Waals surface area (Å²) in [6.07, 6.45) is 2.91. The zero-order chi connectivity index (χ0) is 22.0. The maximum absolute atomic E-state index is 13.0. The van der Waals surface area contributed by atoms with Crippen molar-refractivity contribution < 1.29 is 4.79 Å². The Morgan fingerprint density at radius 3 is 2.16 bits per heavy atom. The molecule has 158 valence electrons. The van der Waals surface area contributed by atoms with E-state index < -0.39 is 0 Å². The lowest BCUT2D eigenvalue weighted by Gasteiger charge is -2.21. The van der Waals surface area contributed by atoms with Crippen molar-refractivity contribution in [3.05, 3.63) is 118 Å². The Balaban J connectivity index is 1.67. The predicted molar refractivity (Wildman–Crippen MR) is 127 cm³/mol. The first-order chi connectivity index (χ1) is 14.9. The van der Waals surface area contributed by atoms with E-state index in [0.29, 0.717) is 11.3 Å². The molecule has 2 heterocycles. The van der Waals surface area contributed by atoms with Gasteiger partial charge in [0.25, 0.3) is 0 Å². The summed E-state index contributed by atoms with van der Waals surface area (Å²) >= 11 is 0. The third kappa shape index (κ3) is 4.41. The molecule has 3 nitrogen and oxygen atoms in total. The molecule has 0 amide bonds. The summed E-state index contributed by atoms with van der Waals surface area (Å²) in [5, 5.41) is 0. The minimum Gasteiger partial charge on any atom is -0.364 e. The Hall–Kier alpha value is -3.33. The lowest BCUT2D eigenvalue weighted by atomic mass is 9.84. The van der Waals surface area contributed by atoms with Gasteiger partial charge in [-0.15, -0.1) is 0 Å². The van der Waals surface area contributed by atoms with Gasteiger partial charge < -0.3 is 9.97 Å². The number of hydrogen-bond acceptors (Lipinski definition) is 1. The smallest absolute Gasteiger partial charge is 0.209 e. The van der Waals surface area contributed by atoms with Gasteiger partial charge in [-0.3, -0.25) is 4.79 Å². The molecule has 1 atom stereocenters. The van der Waals surface area contributed by atoms with Crippen LogP contribution in [0.4, 0.5) is 0 Å². The summed E-state index contributed by atoms with van der Waals surface area (Å²) in [6.45, 7) is 8.78. The van der Waals surface area contributed by atoms with E-state index in [9.17, 15) is 4.79 Å². The highest BCUT2D eigenvalue weighted by Crippen LogP contribution is 2.32. The number of H-pyrrole nitrogens is 2. The summed E-state index contributed by atoms with van der Waals surface area (Å²) in [7, 11) is 0. The highest BCUT2D eigenvalue weighted by atomic mass is 16.1. The fourth-order valence-corrected chi connectivity index (χ4v) is 3.99. The summed E-state index contributed by atoms with van der Waals surface area (Å²) in [6, 6.07) is 24.7. The van der Waals surface area contributed by atoms with Crippen LogP contribution in [0.15, 0.2) is 79.0 Å². The molecular formula is C28H30N2O. The molecule has 0 saturated carbocycles. The number of aryl methyl sites for hydroxylation is 1. The fourth-order valence-electron chi connectivity index (χ4n) is 3.99. The molecule has 0 spiro atoms. The molecule has 0 aliphatic rings. The Morgan fingerprint density at radius 2 is 1.58 bits per heavy atom. The largest absolute Gasteiger partial charge is 0.364 e. The van der Waals surface area contributed by atoms with Gasteiger partial charge in [-0.05, 0) is 52.8 Å². The molecule has 2 aromatic carbocycles. The summed E-state index contributed by atoms with van der Waals surface area (Å²) in [5.41, 5.74) is 7.24. The van der Waals surface area contributed by atoms with Gasteiger partial charge in [-0.2, -0.15) is 0 Å². The van der Waals surface area contributed by atoms with Crippen molar-refractivity contribution in [2.24, 2.45) is 0 Å². The van der Waals surface area contributed by atoms with Crippen LogP contribution in [0, 0.1) is 0 Å². The average molecular weight is 411 g/mol. The summed E-state index contributed by atoms with van der Waals surface area (Å²) < 4.78 is 0. The number of hydrogen-bond donors (Lipinski definition) is 2. The van der Waals surface area contributed by atoms with Gasteiger partial charge in [-0.1, -0.05) is 76.2 Å². The van der Waals surface area contributed by atoms with Crippen LogP contribution in [0.2, 0.25) is 0 Å². The van der Waals surface area contributed by atoms with E-state index in [0.717, 1.165) is 17.8 Å². The van der Waals surface area contributed by atoms with Gasteiger partial charge in [0.05, 0.1) is 11.6 Å². The van der Waals surface area contributed by atoms with Crippen LogP contribution in [0.5, 0.6) is 0 Å². The molecule has 0 radical (unpaired) electrons. The monoisotopic (exact) mass is 410 g/mol. The quantitative estimate of drug-likeness (QED) is 0.345. The number of aromatic amines is 2. The van der Waals surface area contributed by atoms with E-state index in [-0.39, 0.29) is 17.1 Å². The highest BCUT2D eigenvalue weighted by Gasteiger charge is 2.22. The third-order valence-electron chi connectivity index (χ3n) is 5.93. The Kier molecular flexibility index (Phi) is 5.69. The zero-order valence-corrected chi connectivity index (χ0v) is 18.7. The van der Waals surface area contributed by atoms with Gasteiger partial charge >= 0.3 is 0 Å². The van der Waals surface area contributed by atoms with E-state index in [1.54, 1.807) is 0 Å². The van der Waals surface area contributed by atoms with Crippen LogP contribution in [0.1, 0.15) is 77.7 Å². The van der Waals surface area contributed by atoms with Crippen LogP contribution < -0.4 is 0 Å². The second-order valence-corrected chi connectivity index (χ2v) is 9.14. The van der Waals surface area contributed by atoms with Crippen LogP contribution in [0.3, 0.4) is 0 Å². The van der Waals surface area contributed by atoms with Gasteiger partial charge in [0.15, 0.2) is 0 Å². The number of ketones is 1. The molecular weight excluding hydrogens is 380 g/mol.